The molecule has 10 heteroatoms. The number of amides is 1. The zero-order valence-corrected chi connectivity index (χ0v) is 14.6. The zero-order valence-electron chi connectivity index (χ0n) is 14.6. The number of aliphatic hydroxyl groups is 2. The molecule has 3 aromatic rings. The van der Waals surface area contributed by atoms with Crippen LogP contribution in [-0.2, 0) is 11.3 Å². The Morgan fingerprint density at radius 2 is 2.04 bits per heavy atom. The highest BCUT2D eigenvalue weighted by molar-refractivity contribution is 5.88. The molecule has 2 aromatic carbocycles. The van der Waals surface area contributed by atoms with Gasteiger partial charge >= 0.3 is 6.09 Å². The van der Waals surface area contributed by atoms with Crippen LogP contribution in [0.15, 0.2) is 48.7 Å². The molecule has 2 unspecified atom stereocenters. The van der Waals surface area contributed by atoms with E-state index in [4.69, 9.17) is 4.74 Å². The van der Waals surface area contributed by atoms with Crippen LogP contribution in [-0.4, -0.2) is 44.1 Å². The summed E-state index contributed by atoms with van der Waals surface area (Å²) < 4.78 is 5.02. The van der Waals surface area contributed by atoms with Crippen molar-refractivity contribution in [2.75, 3.05) is 6.54 Å². The van der Waals surface area contributed by atoms with Gasteiger partial charge in [-0.1, -0.05) is 30.3 Å². The van der Waals surface area contributed by atoms with E-state index in [1.165, 1.54) is 18.3 Å². The summed E-state index contributed by atoms with van der Waals surface area (Å²) >= 11 is 0. The molecule has 10 nitrogen and oxygen atoms in total. The third-order valence-corrected chi connectivity index (χ3v) is 4.13. The van der Waals surface area contributed by atoms with Gasteiger partial charge in [0.05, 0.1) is 22.0 Å². The number of hydrogen-bond donors (Lipinski definition) is 4. The van der Waals surface area contributed by atoms with Gasteiger partial charge in [-0.15, -0.1) is 0 Å². The molecule has 1 heterocycles. The minimum Gasteiger partial charge on any atom is -0.445 e. The molecular weight excluding hydrogens is 368 g/mol. The van der Waals surface area contributed by atoms with E-state index in [2.05, 4.69) is 15.5 Å². The highest BCUT2D eigenvalue weighted by atomic mass is 16.6. The Morgan fingerprint density at radius 1 is 1.29 bits per heavy atom. The molecule has 146 valence electrons. The number of aromatic nitrogens is 2. The predicted octanol–water partition coefficient (Wildman–Crippen LogP) is 1.79. The number of benzene rings is 2. The maximum Gasteiger partial charge on any atom is 0.407 e. The molecule has 0 saturated heterocycles. The van der Waals surface area contributed by atoms with Crippen molar-refractivity contribution >= 4 is 22.7 Å². The van der Waals surface area contributed by atoms with E-state index in [1.54, 1.807) is 12.1 Å². The number of rotatable bonds is 7. The second-order valence-corrected chi connectivity index (χ2v) is 6.08. The topological polar surface area (TPSA) is 151 Å². The third kappa shape index (κ3) is 4.42. The van der Waals surface area contributed by atoms with Crippen molar-refractivity contribution in [2.24, 2.45) is 0 Å². The van der Waals surface area contributed by atoms with E-state index in [0.717, 1.165) is 5.56 Å². The molecule has 0 aliphatic heterocycles. The fraction of sp³-hybridized carbons (Fsp3) is 0.222. The molecule has 0 bridgehead atoms. The Kier molecular flexibility index (Phi) is 5.82. The van der Waals surface area contributed by atoms with Gasteiger partial charge in [-0.2, -0.15) is 5.10 Å². The monoisotopic (exact) mass is 386 g/mol. The van der Waals surface area contributed by atoms with Crippen molar-refractivity contribution in [2.45, 2.75) is 18.8 Å². The second kappa shape index (κ2) is 8.46. The zero-order chi connectivity index (χ0) is 20.1. The Morgan fingerprint density at radius 3 is 2.75 bits per heavy atom. The maximum absolute atomic E-state index is 11.7. The van der Waals surface area contributed by atoms with Crippen LogP contribution in [0.2, 0.25) is 0 Å². The fourth-order valence-electron chi connectivity index (χ4n) is 2.67. The van der Waals surface area contributed by atoms with Gasteiger partial charge in [0.25, 0.3) is 5.69 Å². The molecular formula is C18H18N4O6. The number of non-ortho nitro benzene ring substituents is 1. The van der Waals surface area contributed by atoms with Crippen molar-refractivity contribution in [1.82, 2.24) is 15.5 Å². The van der Waals surface area contributed by atoms with Gasteiger partial charge in [-0.3, -0.25) is 15.2 Å². The van der Waals surface area contributed by atoms with Gasteiger partial charge in [0.1, 0.15) is 18.8 Å². The van der Waals surface area contributed by atoms with Gasteiger partial charge in [0.15, 0.2) is 0 Å². The van der Waals surface area contributed by atoms with Gasteiger partial charge < -0.3 is 20.3 Å². The first-order valence-corrected chi connectivity index (χ1v) is 8.38. The van der Waals surface area contributed by atoms with Crippen LogP contribution in [0, 0.1) is 10.1 Å². The van der Waals surface area contributed by atoms with Crippen LogP contribution in [0.5, 0.6) is 0 Å². The summed E-state index contributed by atoms with van der Waals surface area (Å²) in [7, 11) is 0. The Labute approximate surface area is 158 Å². The molecule has 3 rings (SSSR count). The van der Waals surface area contributed by atoms with Crippen LogP contribution in [0.25, 0.3) is 10.9 Å². The van der Waals surface area contributed by atoms with Crippen molar-refractivity contribution in [3.05, 3.63) is 69.9 Å². The first kappa shape index (κ1) is 19.3. The molecule has 4 N–H and O–H groups in total. The number of carbonyl (C=O) groups excluding carboxylic acids is 1. The van der Waals surface area contributed by atoms with Crippen molar-refractivity contribution < 1.29 is 24.7 Å². The highest BCUT2D eigenvalue weighted by Gasteiger charge is 2.24. The Hall–Kier alpha value is -3.50. The number of nitrogens with zero attached hydrogens (tertiary/aromatic N) is 2. The number of fused-ring (bicyclic) bond motifs is 1. The maximum atomic E-state index is 11.7. The van der Waals surface area contributed by atoms with Crippen LogP contribution >= 0.6 is 0 Å². The molecule has 0 aliphatic carbocycles. The molecule has 0 aliphatic rings. The van der Waals surface area contributed by atoms with Crippen LogP contribution in [0.1, 0.15) is 17.2 Å². The summed E-state index contributed by atoms with van der Waals surface area (Å²) in [5.41, 5.74) is 1.03. The molecule has 0 spiro atoms. The number of carbonyl (C=O) groups is 1. The number of H-pyrrole nitrogens is 1. The minimum atomic E-state index is -1.46. The number of nitro groups is 1. The summed E-state index contributed by atoms with van der Waals surface area (Å²) in [6.07, 6.45) is -2.31. The summed E-state index contributed by atoms with van der Waals surface area (Å²) in [6, 6.07) is 11.7. The van der Waals surface area contributed by atoms with Crippen molar-refractivity contribution in [3.8, 4) is 0 Å². The molecule has 0 saturated carbocycles. The first-order valence-electron chi connectivity index (χ1n) is 8.38. The Balaban J connectivity index is 1.59. The van der Waals surface area contributed by atoms with Gasteiger partial charge in [-0.05, 0) is 17.2 Å². The summed E-state index contributed by atoms with van der Waals surface area (Å²) in [5, 5.41) is 40.6. The number of ether oxygens (including phenoxy) is 1. The molecule has 2 atom stereocenters. The van der Waals surface area contributed by atoms with Gasteiger partial charge in [-0.25, -0.2) is 4.79 Å². The van der Waals surface area contributed by atoms with Crippen molar-refractivity contribution in [1.29, 1.82) is 0 Å². The smallest absolute Gasteiger partial charge is 0.407 e. The summed E-state index contributed by atoms with van der Waals surface area (Å²) in [5.74, 6) is 0. The predicted molar refractivity (Wildman–Crippen MR) is 98.3 cm³/mol. The van der Waals surface area contributed by atoms with E-state index < -0.39 is 23.2 Å². The normalized spacial score (nSPS) is 13.1. The lowest BCUT2D eigenvalue weighted by atomic mass is 10.0. The quantitative estimate of drug-likeness (QED) is 0.357. The SMILES string of the molecule is O=C(NCC(O)C(O)c1cc([N+](=O)[O-])c2cn[nH]c2c1)OCc1ccccc1. The number of aromatic amines is 1. The van der Waals surface area contributed by atoms with E-state index >= 15 is 0 Å². The molecule has 1 aromatic heterocycles. The molecule has 0 radical (unpaired) electrons. The standard InChI is InChI=1S/C18H18N4O6/c23-16(9-19-18(25)28-10-11-4-2-1-3-5-11)17(24)12-6-14-13(8-20-21-14)15(7-12)22(26)27/h1-8,16-17,23-24H,9-10H2,(H,19,25)(H,20,21). The minimum absolute atomic E-state index is 0.0635. The second-order valence-electron chi connectivity index (χ2n) is 6.08. The number of nitro benzene ring substituents is 1. The molecule has 0 fully saturated rings. The number of aliphatic hydroxyl groups excluding tert-OH is 2. The Bertz CT molecular complexity index is 975. The summed E-state index contributed by atoms with van der Waals surface area (Å²) in [4.78, 5) is 22.3. The third-order valence-electron chi connectivity index (χ3n) is 4.13. The highest BCUT2D eigenvalue weighted by Crippen LogP contribution is 2.29. The van der Waals surface area contributed by atoms with E-state index in [9.17, 15) is 25.1 Å². The summed E-state index contributed by atoms with van der Waals surface area (Å²) in [6.45, 7) is -0.238. The lowest BCUT2D eigenvalue weighted by molar-refractivity contribution is -0.383. The molecule has 28 heavy (non-hydrogen) atoms. The average molecular weight is 386 g/mol. The van der Waals surface area contributed by atoms with Crippen LogP contribution in [0.3, 0.4) is 0 Å². The van der Waals surface area contributed by atoms with Crippen molar-refractivity contribution in [3.63, 3.8) is 0 Å². The lowest BCUT2D eigenvalue weighted by Crippen LogP contribution is -2.35. The fourth-order valence-corrected chi connectivity index (χ4v) is 2.67. The van der Waals surface area contributed by atoms with Gasteiger partial charge in [0, 0.05) is 12.6 Å². The van der Waals surface area contributed by atoms with Crippen LogP contribution in [0.4, 0.5) is 10.5 Å². The number of hydrogen-bond acceptors (Lipinski definition) is 7. The van der Waals surface area contributed by atoms with E-state index in [-0.39, 0.29) is 29.8 Å². The molecule has 1 amide bonds. The van der Waals surface area contributed by atoms with Gasteiger partial charge in [0.2, 0.25) is 0 Å². The van der Waals surface area contributed by atoms with Crippen LogP contribution < -0.4 is 5.32 Å². The average Bonchev–Trinajstić information content (AvgIpc) is 3.18. The number of alkyl carbamates (subject to hydrolysis) is 1. The first-order chi connectivity index (χ1) is 13.5. The van der Waals surface area contributed by atoms with E-state index in [0.29, 0.717) is 5.52 Å². The van der Waals surface area contributed by atoms with E-state index in [1.807, 2.05) is 18.2 Å². The lowest BCUT2D eigenvalue weighted by Gasteiger charge is -2.18. The number of nitrogens with one attached hydrogen (secondary N) is 2. The largest absolute Gasteiger partial charge is 0.445 e.